The molecule has 1 aromatic carbocycles. The van der Waals surface area contributed by atoms with E-state index in [1.54, 1.807) is 0 Å². The molecule has 2 aromatic rings. The predicted molar refractivity (Wildman–Crippen MR) is 71.8 cm³/mol. The van der Waals surface area contributed by atoms with Gasteiger partial charge in [-0.1, -0.05) is 23.9 Å². The van der Waals surface area contributed by atoms with Gasteiger partial charge in [-0.15, -0.1) is 0 Å². The number of thioether (sulfide) groups is 1. The van der Waals surface area contributed by atoms with Crippen molar-refractivity contribution in [2.75, 3.05) is 12.3 Å². The number of carbonyl (C=O) groups is 1. The minimum absolute atomic E-state index is 0.263. The van der Waals surface area contributed by atoms with E-state index in [-0.39, 0.29) is 5.91 Å². The van der Waals surface area contributed by atoms with E-state index in [1.807, 2.05) is 24.3 Å². The fraction of sp³-hybridized carbons (Fsp3) is 0.167. The summed E-state index contributed by atoms with van der Waals surface area (Å²) in [6.07, 6.45) is 1.48. The highest BCUT2D eigenvalue weighted by atomic mass is 32.2. The zero-order valence-electron chi connectivity index (χ0n) is 9.46. The van der Waals surface area contributed by atoms with Crippen LogP contribution < -0.4 is 5.32 Å². The maximum Gasteiger partial charge on any atom is 0.277 e. The molecule has 2 heterocycles. The summed E-state index contributed by atoms with van der Waals surface area (Å²) < 4.78 is 0. The maximum atomic E-state index is 11.9. The van der Waals surface area contributed by atoms with E-state index < -0.39 is 0 Å². The van der Waals surface area contributed by atoms with Crippen molar-refractivity contribution in [3.8, 4) is 0 Å². The second-order valence-electron chi connectivity index (χ2n) is 3.73. The standard InChI is InChI=1S/C12H10N4OS/c17-11(16-12-13-5-6-18-12)10-7-14-8-3-1-2-4-9(8)15-10/h1-4,7H,5-6H2,(H,13,16,17). The van der Waals surface area contributed by atoms with Crippen molar-refractivity contribution in [2.24, 2.45) is 4.99 Å². The number of para-hydroxylation sites is 2. The molecule has 0 atom stereocenters. The van der Waals surface area contributed by atoms with Gasteiger partial charge in [0.2, 0.25) is 0 Å². The fourth-order valence-electron chi connectivity index (χ4n) is 1.64. The molecule has 6 heteroatoms. The van der Waals surface area contributed by atoms with Gasteiger partial charge in [-0.25, -0.2) is 4.98 Å². The van der Waals surface area contributed by atoms with Gasteiger partial charge in [-0.2, -0.15) is 0 Å². The molecule has 0 spiro atoms. The summed E-state index contributed by atoms with van der Waals surface area (Å²) in [7, 11) is 0. The normalized spacial score (nSPS) is 14.6. The minimum atomic E-state index is -0.263. The Morgan fingerprint density at radius 2 is 2.11 bits per heavy atom. The molecule has 0 saturated carbocycles. The third kappa shape index (κ3) is 2.19. The molecular weight excluding hydrogens is 248 g/mol. The molecule has 0 aliphatic carbocycles. The highest BCUT2D eigenvalue weighted by Gasteiger charge is 2.14. The number of aliphatic imine (C=N–C) groups is 1. The number of rotatable bonds is 1. The number of aromatic nitrogens is 2. The van der Waals surface area contributed by atoms with Crippen LogP contribution in [0.1, 0.15) is 10.5 Å². The van der Waals surface area contributed by atoms with Crippen LogP contribution in [0.2, 0.25) is 0 Å². The van der Waals surface area contributed by atoms with Crippen LogP contribution in [-0.4, -0.2) is 33.3 Å². The van der Waals surface area contributed by atoms with Crippen molar-refractivity contribution in [1.29, 1.82) is 0 Å². The number of hydrogen-bond acceptors (Lipinski definition) is 5. The topological polar surface area (TPSA) is 67.2 Å². The number of nitrogens with one attached hydrogen (secondary N) is 1. The Hall–Kier alpha value is -1.95. The summed E-state index contributed by atoms with van der Waals surface area (Å²) in [4.78, 5) is 24.6. The predicted octanol–water partition coefficient (Wildman–Crippen LogP) is 1.46. The zero-order chi connectivity index (χ0) is 12.4. The number of amidine groups is 1. The van der Waals surface area contributed by atoms with E-state index in [9.17, 15) is 4.79 Å². The average molecular weight is 258 g/mol. The van der Waals surface area contributed by atoms with Gasteiger partial charge in [0, 0.05) is 5.75 Å². The summed E-state index contributed by atoms with van der Waals surface area (Å²) in [5.74, 6) is 0.653. The molecule has 90 valence electrons. The van der Waals surface area contributed by atoms with Gasteiger partial charge in [-0.05, 0) is 12.1 Å². The van der Waals surface area contributed by atoms with Gasteiger partial charge >= 0.3 is 0 Å². The van der Waals surface area contributed by atoms with Crippen molar-refractivity contribution >= 4 is 33.9 Å². The molecule has 5 nitrogen and oxygen atoms in total. The first-order valence-corrected chi connectivity index (χ1v) is 6.52. The molecule has 1 aliphatic rings. The average Bonchev–Trinajstić information content (AvgIpc) is 2.91. The number of benzene rings is 1. The van der Waals surface area contributed by atoms with Crippen LogP contribution in [0.15, 0.2) is 35.5 Å². The monoisotopic (exact) mass is 258 g/mol. The molecule has 3 rings (SSSR count). The van der Waals surface area contributed by atoms with E-state index in [4.69, 9.17) is 0 Å². The van der Waals surface area contributed by atoms with Crippen molar-refractivity contribution in [1.82, 2.24) is 15.3 Å². The largest absolute Gasteiger partial charge is 0.300 e. The molecule has 18 heavy (non-hydrogen) atoms. The Kier molecular flexibility index (Phi) is 2.93. The quantitative estimate of drug-likeness (QED) is 0.841. The summed E-state index contributed by atoms with van der Waals surface area (Å²) in [6.45, 7) is 0.754. The van der Waals surface area contributed by atoms with E-state index in [0.717, 1.165) is 17.8 Å². The van der Waals surface area contributed by atoms with Gasteiger partial charge < -0.3 is 0 Å². The third-order valence-electron chi connectivity index (χ3n) is 2.49. The van der Waals surface area contributed by atoms with Crippen molar-refractivity contribution < 1.29 is 4.79 Å². The lowest BCUT2D eigenvalue weighted by molar-refractivity contribution is 0.0973. The molecule has 0 bridgehead atoms. The number of nitrogens with zero attached hydrogens (tertiary/aromatic N) is 3. The first-order chi connectivity index (χ1) is 8.83. The summed E-state index contributed by atoms with van der Waals surface area (Å²) in [5, 5.41) is 3.39. The highest BCUT2D eigenvalue weighted by Crippen LogP contribution is 2.11. The number of hydrogen-bond donors (Lipinski definition) is 1. The molecule has 1 N–H and O–H groups in total. The Bertz CT molecular complexity index is 641. The minimum Gasteiger partial charge on any atom is -0.300 e. The SMILES string of the molecule is O=C(NC1=NCCS1)c1cnc2ccccc2n1. The van der Waals surface area contributed by atoms with Gasteiger partial charge in [0.1, 0.15) is 5.69 Å². The number of amides is 1. The Morgan fingerprint density at radius 1 is 1.28 bits per heavy atom. The van der Waals surface area contributed by atoms with Crippen LogP contribution in [-0.2, 0) is 0 Å². The molecule has 1 aliphatic heterocycles. The van der Waals surface area contributed by atoms with Gasteiger partial charge in [0.25, 0.3) is 5.91 Å². The molecule has 1 aromatic heterocycles. The first-order valence-electron chi connectivity index (χ1n) is 5.53. The molecule has 0 radical (unpaired) electrons. The number of carbonyl (C=O) groups excluding carboxylic acids is 1. The smallest absolute Gasteiger partial charge is 0.277 e. The van der Waals surface area contributed by atoms with Gasteiger partial charge in [-0.3, -0.25) is 20.1 Å². The van der Waals surface area contributed by atoms with Crippen molar-refractivity contribution in [3.63, 3.8) is 0 Å². The second kappa shape index (κ2) is 4.73. The van der Waals surface area contributed by atoms with Gasteiger partial charge in [0.15, 0.2) is 5.17 Å². The van der Waals surface area contributed by atoms with E-state index >= 15 is 0 Å². The summed E-state index contributed by atoms with van der Waals surface area (Å²) >= 11 is 1.54. The summed E-state index contributed by atoms with van der Waals surface area (Å²) in [6, 6.07) is 7.46. The van der Waals surface area contributed by atoms with E-state index in [2.05, 4.69) is 20.3 Å². The van der Waals surface area contributed by atoms with Crippen molar-refractivity contribution in [2.45, 2.75) is 0 Å². The Balaban J connectivity index is 1.87. The third-order valence-corrected chi connectivity index (χ3v) is 3.38. The van der Waals surface area contributed by atoms with Crippen LogP contribution in [0.5, 0.6) is 0 Å². The van der Waals surface area contributed by atoms with Crippen LogP contribution in [0.25, 0.3) is 11.0 Å². The molecule has 1 amide bonds. The second-order valence-corrected chi connectivity index (χ2v) is 4.82. The van der Waals surface area contributed by atoms with Crippen LogP contribution >= 0.6 is 11.8 Å². The van der Waals surface area contributed by atoms with E-state index in [1.165, 1.54) is 18.0 Å². The van der Waals surface area contributed by atoms with Crippen LogP contribution in [0, 0.1) is 0 Å². The number of fused-ring (bicyclic) bond motifs is 1. The molecule has 0 fully saturated rings. The van der Waals surface area contributed by atoms with Crippen molar-refractivity contribution in [3.05, 3.63) is 36.2 Å². The molecule has 0 saturated heterocycles. The first kappa shape index (κ1) is 11.2. The summed E-state index contributed by atoms with van der Waals surface area (Å²) in [5.41, 5.74) is 1.80. The van der Waals surface area contributed by atoms with E-state index in [0.29, 0.717) is 16.4 Å². The Morgan fingerprint density at radius 3 is 2.89 bits per heavy atom. The maximum absolute atomic E-state index is 11.9. The molecule has 0 unspecified atom stereocenters. The zero-order valence-corrected chi connectivity index (χ0v) is 10.3. The highest BCUT2D eigenvalue weighted by molar-refractivity contribution is 8.14. The van der Waals surface area contributed by atoms with Gasteiger partial charge in [0.05, 0.1) is 23.8 Å². The van der Waals surface area contributed by atoms with Crippen LogP contribution in [0.3, 0.4) is 0 Å². The lowest BCUT2D eigenvalue weighted by Gasteiger charge is -2.03. The fourth-order valence-corrected chi connectivity index (χ4v) is 2.36. The Labute approximate surface area is 108 Å². The van der Waals surface area contributed by atoms with Crippen LogP contribution in [0.4, 0.5) is 0 Å². The molecular formula is C12H10N4OS. The lowest BCUT2D eigenvalue weighted by atomic mass is 10.3. The lowest BCUT2D eigenvalue weighted by Crippen LogP contribution is -2.28.